The largest absolute Gasteiger partial charge is 0.389 e. The van der Waals surface area contributed by atoms with Crippen molar-refractivity contribution in [3.63, 3.8) is 0 Å². The molecule has 0 saturated carbocycles. The molecule has 0 heterocycles. The Hall–Kier alpha value is -1.17. The van der Waals surface area contributed by atoms with Gasteiger partial charge in [-0.3, -0.25) is 0 Å². The molecule has 0 aromatic heterocycles. The summed E-state index contributed by atoms with van der Waals surface area (Å²) >= 11 is 0. The topological polar surface area (TPSA) is 41.9 Å². The first-order chi connectivity index (χ1) is 10.0. The van der Waals surface area contributed by atoms with E-state index in [0.717, 1.165) is 18.7 Å². The molecule has 120 valence electrons. The highest BCUT2D eigenvalue weighted by Gasteiger charge is 2.17. The number of ether oxygens (including phenoxy) is 2. The molecule has 0 bridgehead atoms. The Morgan fingerprint density at radius 3 is 2.43 bits per heavy atom. The number of aliphatic hydroxyl groups is 1. The SMILES string of the molecule is COCCCN(CCOC)c1cc(C)c(F)cc1[C@H](C)O. The number of methoxy groups -OCH3 is 2. The van der Waals surface area contributed by atoms with Gasteiger partial charge >= 0.3 is 0 Å². The quantitative estimate of drug-likeness (QED) is 0.712. The molecular weight excluding hydrogens is 273 g/mol. The lowest BCUT2D eigenvalue weighted by atomic mass is 10.0. The van der Waals surface area contributed by atoms with Crippen LogP contribution < -0.4 is 4.90 Å². The number of anilines is 1. The van der Waals surface area contributed by atoms with Gasteiger partial charge < -0.3 is 19.5 Å². The van der Waals surface area contributed by atoms with Crippen LogP contribution in [0, 0.1) is 12.7 Å². The van der Waals surface area contributed by atoms with Crippen molar-refractivity contribution in [2.45, 2.75) is 26.4 Å². The second-order valence-corrected chi connectivity index (χ2v) is 5.16. The van der Waals surface area contributed by atoms with E-state index < -0.39 is 6.10 Å². The van der Waals surface area contributed by atoms with Gasteiger partial charge in [-0.1, -0.05) is 0 Å². The van der Waals surface area contributed by atoms with E-state index in [1.807, 2.05) is 0 Å². The Morgan fingerprint density at radius 2 is 1.86 bits per heavy atom. The summed E-state index contributed by atoms with van der Waals surface area (Å²) in [4.78, 5) is 2.11. The second kappa shape index (κ2) is 8.97. The molecule has 1 atom stereocenters. The van der Waals surface area contributed by atoms with E-state index >= 15 is 0 Å². The zero-order chi connectivity index (χ0) is 15.8. The fraction of sp³-hybridized carbons (Fsp3) is 0.625. The molecule has 5 heteroatoms. The van der Waals surface area contributed by atoms with Crippen LogP contribution in [0.25, 0.3) is 0 Å². The minimum Gasteiger partial charge on any atom is -0.389 e. The van der Waals surface area contributed by atoms with Gasteiger partial charge in [-0.15, -0.1) is 0 Å². The maximum atomic E-state index is 13.8. The van der Waals surface area contributed by atoms with Crippen LogP contribution in [0.1, 0.15) is 30.6 Å². The number of halogens is 1. The first-order valence-electron chi connectivity index (χ1n) is 7.22. The Morgan fingerprint density at radius 1 is 1.19 bits per heavy atom. The summed E-state index contributed by atoms with van der Waals surface area (Å²) in [6.45, 7) is 6.06. The third kappa shape index (κ3) is 5.26. The van der Waals surface area contributed by atoms with Crippen LogP contribution in [0.3, 0.4) is 0 Å². The van der Waals surface area contributed by atoms with Gasteiger partial charge in [0.2, 0.25) is 0 Å². The van der Waals surface area contributed by atoms with Crippen LogP contribution in [-0.4, -0.2) is 45.6 Å². The molecule has 0 radical (unpaired) electrons. The van der Waals surface area contributed by atoms with Crippen LogP contribution in [0.5, 0.6) is 0 Å². The Balaban J connectivity index is 3.05. The smallest absolute Gasteiger partial charge is 0.126 e. The molecule has 0 fully saturated rings. The number of hydrogen-bond acceptors (Lipinski definition) is 4. The maximum Gasteiger partial charge on any atom is 0.126 e. The van der Waals surface area contributed by atoms with E-state index in [-0.39, 0.29) is 5.82 Å². The molecule has 0 aliphatic heterocycles. The zero-order valence-electron chi connectivity index (χ0n) is 13.4. The average Bonchev–Trinajstić information content (AvgIpc) is 2.45. The lowest BCUT2D eigenvalue weighted by Gasteiger charge is -2.28. The first-order valence-corrected chi connectivity index (χ1v) is 7.22. The van der Waals surface area contributed by atoms with Gasteiger partial charge in [-0.25, -0.2) is 4.39 Å². The van der Waals surface area contributed by atoms with Crippen molar-refractivity contribution < 1.29 is 19.0 Å². The molecule has 1 aromatic rings. The van der Waals surface area contributed by atoms with E-state index in [4.69, 9.17) is 9.47 Å². The molecule has 1 rings (SSSR count). The first kappa shape index (κ1) is 17.9. The Kier molecular flexibility index (Phi) is 7.64. The van der Waals surface area contributed by atoms with Crippen molar-refractivity contribution in [1.29, 1.82) is 0 Å². The van der Waals surface area contributed by atoms with E-state index in [1.165, 1.54) is 6.07 Å². The molecule has 4 nitrogen and oxygen atoms in total. The van der Waals surface area contributed by atoms with Gasteiger partial charge in [-0.2, -0.15) is 0 Å². The highest BCUT2D eigenvalue weighted by molar-refractivity contribution is 5.56. The molecule has 21 heavy (non-hydrogen) atoms. The molecular formula is C16H26FNO3. The van der Waals surface area contributed by atoms with Crippen LogP contribution in [-0.2, 0) is 9.47 Å². The van der Waals surface area contributed by atoms with E-state index in [0.29, 0.717) is 30.9 Å². The molecule has 1 aromatic carbocycles. The highest BCUT2D eigenvalue weighted by atomic mass is 19.1. The summed E-state index contributed by atoms with van der Waals surface area (Å²) in [6, 6.07) is 3.21. The predicted molar refractivity (Wildman–Crippen MR) is 82.4 cm³/mol. The fourth-order valence-corrected chi connectivity index (χ4v) is 2.24. The van der Waals surface area contributed by atoms with E-state index in [9.17, 15) is 9.50 Å². The maximum absolute atomic E-state index is 13.8. The lowest BCUT2D eigenvalue weighted by Crippen LogP contribution is -2.30. The predicted octanol–water partition coefficient (Wildman–Crippen LogP) is 2.68. The number of aryl methyl sites for hydroxylation is 1. The Labute approximate surface area is 126 Å². The normalized spacial score (nSPS) is 12.5. The third-order valence-electron chi connectivity index (χ3n) is 3.44. The number of nitrogens with zero attached hydrogens (tertiary/aromatic N) is 1. The molecule has 0 aliphatic rings. The summed E-state index contributed by atoms with van der Waals surface area (Å²) in [5.41, 5.74) is 2.03. The van der Waals surface area contributed by atoms with Gasteiger partial charge in [-0.05, 0) is 38.0 Å². The molecule has 0 amide bonds. The summed E-state index contributed by atoms with van der Waals surface area (Å²) < 4.78 is 24.0. The number of rotatable bonds is 9. The van der Waals surface area contributed by atoms with Crippen molar-refractivity contribution in [2.75, 3.05) is 45.4 Å². The summed E-state index contributed by atoms with van der Waals surface area (Å²) in [5, 5.41) is 9.92. The van der Waals surface area contributed by atoms with Crippen molar-refractivity contribution in [2.24, 2.45) is 0 Å². The van der Waals surface area contributed by atoms with Gasteiger partial charge in [0.05, 0.1) is 12.7 Å². The van der Waals surface area contributed by atoms with E-state index in [1.54, 1.807) is 34.1 Å². The molecule has 0 spiro atoms. The van der Waals surface area contributed by atoms with Crippen LogP contribution in [0.15, 0.2) is 12.1 Å². The monoisotopic (exact) mass is 299 g/mol. The minimum absolute atomic E-state index is 0.293. The fourth-order valence-electron chi connectivity index (χ4n) is 2.24. The second-order valence-electron chi connectivity index (χ2n) is 5.16. The Bertz CT molecular complexity index is 438. The third-order valence-corrected chi connectivity index (χ3v) is 3.44. The molecule has 0 saturated heterocycles. The van der Waals surface area contributed by atoms with Crippen LogP contribution in [0.2, 0.25) is 0 Å². The lowest BCUT2D eigenvalue weighted by molar-refractivity contribution is 0.189. The van der Waals surface area contributed by atoms with Gasteiger partial charge in [0.1, 0.15) is 5.82 Å². The average molecular weight is 299 g/mol. The van der Waals surface area contributed by atoms with Gasteiger partial charge in [0.15, 0.2) is 0 Å². The summed E-state index contributed by atoms with van der Waals surface area (Å²) in [7, 11) is 3.32. The van der Waals surface area contributed by atoms with Crippen molar-refractivity contribution in [3.8, 4) is 0 Å². The minimum atomic E-state index is -0.720. The molecule has 0 aliphatic carbocycles. The van der Waals surface area contributed by atoms with Gasteiger partial charge in [0.25, 0.3) is 0 Å². The van der Waals surface area contributed by atoms with Crippen molar-refractivity contribution in [1.82, 2.24) is 0 Å². The summed E-state index contributed by atoms with van der Waals surface area (Å²) in [5.74, 6) is -0.293. The standard InChI is InChI=1S/C16H26FNO3/c1-12-10-16(14(13(2)19)11-15(12)17)18(7-9-21-4)6-5-8-20-3/h10-11,13,19H,5-9H2,1-4H3/t13-/m0/s1. The number of benzene rings is 1. The van der Waals surface area contributed by atoms with E-state index in [2.05, 4.69) is 4.90 Å². The number of hydrogen-bond donors (Lipinski definition) is 1. The van der Waals surface area contributed by atoms with Crippen LogP contribution >= 0.6 is 0 Å². The van der Waals surface area contributed by atoms with Crippen molar-refractivity contribution >= 4 is 5.69 Å². The number of aliphatic hydroxyl groups excluding tert-OH is 1. The van der Waals surface area contributed by atoms with Crippen LogP contribution in [0.4, 0.5) is 10.1 Å². The highest BCUT2D eigenvalue weighted by Crippen LogP contribution is 2.29. The molecule has 1 N–H and O–H groups in total. The molecule has 0 unspecified atom stereocenters. The van der Waals surface area contributed by atoms with Crippen molar-refractivity contribution in [3.05, 3.63) is 29.1 Å². The summed E-state index contributed by atoms with van der Waals surface area (Å²) in [6.07, 6.45) is 0.137. The van der Waals surface area contributed by atoms with Gasteiger partial charge in [0, 0.05) is 45.2 Å². The zero-order valence-corrected chi connectivity index (χ0v) is 13.4.